The lowest BCUT2D eigenvalue weighted by Crippen LogP contribution is -2.34. The lowest BCUT2D eigenvalue weighted by atomic mass is 10.1. The molecule has 2 N–H and O–H groups in total. The molecular weight excluding hydrogens is 260 g/mol. The Kier molecular flexibility index (Phi) is 4.99. The number of rotatable bonds is 5. The average Bonchev–Trinajstić information content (AvgIpc) is 2.49. The number of carbonyl (C=O) groups excluding carboxylic acids is 1. The van der Waals surface area contributed by atoms with Gasteiger partial charge in [-0.3, -0.25) is 4.79 Å². The van der Waals surface area contributed by atoms with Crippen molar-refractivity contribution >= 4 is 17.3 Å². The Morgan fingerprint density at radius 1 is 1.10 bits per heavy atom. The molecule has 0 fully saturated rings. The summed E-state index contributed by atoms with van der Waals surface area (Å²) >= 11 is 0. The third-order valence-corrected chi connectivity index (χ3v) is 3.49. The quantitative estimate of drug-likeness (QED) is 0.865. The number of benzene rings is 2. The molecule has 2 aromatic carbocycles. The zero-order valence-corrected chi connectivity index (χ0v) is 12.8. The first-order valence-electron chi connectivity index (χ1n) is 7.30. The van der Waals surface area contributed by atoms with Gasteiger partial charge in [-0.1, -0.05) is 37.3 Å². The van der Waals surface area contributed by atoms with E-state index in [0.29, 0.717) is 0 Å². The van der Waals surface area contributed by atoms with Crippen LogP contribution in [0.25, 0.3) is 0 Å². The van der Waals surface area contributed by atoms with E-state index in [1.165, 1.54) is 5.56 Å². The second-order valence-electron chi connectivity index (χ2n) is 5.28. The molecule has 0 saturated heterocycles. The van der Waals surface area contributed by atoms with Crippen molar-refractivity contribution in [3.63, 3.8) is 0 Å². The summed E-state index contributed by atoms with van der Waals surface area (Å²) in [6, 6.07) is 15.5. The highest BCUT2D eigenvalue weighted by Gasteiger charge is 2.17. The van der Waals surface area contributed by atoms with Crippen LogP contribution in [0.4, 0.5) is 11.4 Å². The van der Waals surface area contributed by atoms with Gasteiger partial charge in [0, 0.05) is 11.4 Å². The largest absolute Gasteiger partial charge is 0.373 e. The molecule has 2 rings (SSSR count). The van der Waals surface area contributed by atoms with Gasteiger partial charge in [-0.2, -0.15) is 0 Å². The number of anilines is 2. The van der Waals surface area contributed by atoms with Crippen LogP contribution in [-0.4, -0.2) is 11.9 Å². The van der Waals surface area contributed by atoms with E-state index in [-0.39, 0.29) is 11.9 Å². The van der Waals surface area contributed by atoms with E-state index < -0.39 is 0 Å². The minimum absolute atomic E-state index is 0.00962. The second-order valence-corrected chi connectivity index (χ2v) is 5.28. The summed E-state index contributed by atoms with van der Waals surface area (Å²) in [6.07, 6.45) is 0.728. The van der Waals surface area contributed by atoms with Crippen LogP contribution in [0, 0.1) is 13.8 Å². The Morgan fingerprint density at radius 3 is 2.48 bits per heavy atom. The lowest BCUT2D eigenvalue weighted by molar-refractivity contribution is -0.116. The molecule has 0 unspecified atom stereocenters. The molecule has 3 nitrogen and oxygen atoms in total. The van der Waals surface area contributed by atoms with E-state index in [1.54, 1.807) is 0 Å². The van der Waals surface area contributed by atoms with Gasteiger partial charge in [-0.25, -0.2) is 0 Å². The van der Waals surface area contributed by atoms with Crippen LogP contribution in [0.15, 0.2) is 48.5 Å². The highest BCUT2D eigenvalue weighted by atomic mass is 16.2. The number of carbonyl (C=O) groups is 1. The predicted molar refractivity (Wildman–Crippen MR) is 88.7 cm³/mol. The van der Waals surface area contributed by atoms with Gasteiger partial charge < -0.3 is 10.6 Å². The number of nitrogens with one attached hydrogen (secondary N) is 2. The number of hydrogen-bond donors (Lipinski definition) is 2. The zero-order valence-electron chi connectivity index (χ0n) is 12.8. The predicted octanol–water partition coefficient (Wildman–Crippen LogP) is 4.13. The van der Waals surface area contributed by atoms with E-state index >= 15 is 0 Å². The summed E-state index contributed by atoms with van der Waals surface area (Å²) < 4.78 is 0. The molecule has 0 bridgehead atoms. The highest BCUT2D eigenvalue weighted by Crippen LogP contribution is 2.18. The van der Waals surface area contributed by atoms with Crippen LogP contribution >= 0.6 is 0 Å². The van der Waals surface area contributed by atoms with Gasteiger partial charge in [0.2, 0.25) is 5.91 Å². The van der Waals surface area contributed by atoms with Gasteiger partial charge in [0.05, 0.1) is 0 Å². The summed E-state index contributed by atoms with van der Waals surface area (Å²) in [4.78, 5) is 12.4. The summed E-state index contributed by atoms with van der Waals surface area (Å²) in [6.45, 7) is 6.10. The number of hydrogen-bond acceptors (Lipinski definition) is 2. The van der Waals surface area contributed by atoms with Crippen molar-refractivity contribution in [2.24, 2.45) is 0 Å². The standard InChI is InChI=1S/C18H22N2O/c1-4-16(18(21)19-15-8-6-5-7-9-15)20-17-12-13(2)10-11-14(17)3/h5-12,16,20H,4H2,1-3H3,(H,19,21)/t16-/m0/s1. The van der Waals surface area contributed by atoms with Crippen molar-refractivity contribution in [3.8, 4) is 0 Å². The molecule has 110 valence electrons. The van der Waals surface area contributed by atoms with Gasteiger partial charge in [-0.05, 0) is 49.6 Å². The summed E-state index contributed by atoms with van der Waals surface area (Å²) in [5.74, 6) is -0.00962. The highest BCUT2D eigenvalue weighted by molar-refractivity contribution is 5.96. The molecule has 0 saturated carbocycles. The van der Waals surface area contributed by atoms with E-state index in [2.05, 4.69) is 35.8 Å². The molecular formula is C18H22N2O. The number of amides is 1. The van der Waals surface area contributed by atoms with Crippen molar-refractivity contribution in [1.29, 1.82) is 0 Å². The zero-order chi connectivity index (χ0) is 15.2. The fourth-order valence-electron chi connectivity index (χ4n) is 2.18. The molecule has 0 heterocycles. The van der Waals surface area contributed by atoms with Crippen molar-refractivity contribution in [1.82, 2.24) is 0 Å². The van der Waals surface area contributed by atoms with Crippen LogP contribution < -0.4 is 10.6 Å². The maximum absolute atomic E-state index is 12.4. The molecule has 0 aromatic heterocycles. The SMILES string of the molecule is CC[C@H](Nc1cc(C)ccc1C)C(=O)Nc1ccccc1. The first-order chi connectivity index (χ1) is 10.1. The summed E-state index contributed by atoms with van der Waals surface area (Å²) in [5, 5.41) is 6.29. The normalized spacial score (nSPS) is 11.8. The second kappa shape index (κ2) is 6.93. The van der Waals surface area contributed by atoms with E-state index in [1.807, 2.05) is 44.2 Å². The molecule has 21 heavy (non-hydrogen) atoms. The van der Waals surface area contributed by atoms with Crippen LogP contribution in [0.1, 0.15) is 24.5 Å². The van der Waals surface area contributed by atoms with Gasteiger partial charge in [0.25, 0.3) is 0 Å². The third-order valence-electron chi connectivity index (χ3n) is 3.49. The molecule has 1 amide bonds. The molecule has 0 aliphatic heterocycles. The molecule has 0 aliphatic rings. The van der Waals surface area contributed by atoms with Crippen LogP contribution in [0.5, 0.6) is 0 Å². The summed E-state index contributed by atoms with van der Waals surface area (Å²) in [7, 11) is 0. The van der Waals surface area contributed by atoms with Crippen molar-refractivity contribution in [2.45, 2.75) is 33.2 Å². The van der Waals surface area contributed by atoms with Gasteiger partial charge in [0.15, 0.2) is 0 Å². The Labute approximate surface area is 126 Å². The van der Waals surface area contributed by atoms with Crippen molar-refractivity contribution < 1.29 is 4.79 Å². The number of para-hydroxylation sites is 1. The molecule has 2 aromatic rings. The van der Waals surface area contributed by atoms with Crippen molar-refractivity contribution in [2.75, 3.05) is 10.6 Å². The average molecular weight is 282 g/mol. The van der Waals surface area contributed by atoms with Crippen molar-refractivity contribution in [3.05, 3.63) is 59.7 Å². The van der Waals surface area contributed by atoms with Crippen LogP contribution in [0.2, 0.25) is 0 Å². The third kappa shape index (κ3) is 4.09. The van der Waals surface area contributed by atoms with Crippen LogP contribution in [-0.2, 0) is 4.79 Å². The Balaban J connectivity index is 2.09. The first kappa shape index (κ1) is 15.1. The van der Waals surface area contributed by atoms with Gasteiger partial charge >= 0.3 is 0 Å². The van der Waals surface area contributed by atoms with E-state index in [9.17, 15) is 4.79 Å². The van der Waals surface area contributed by atoms with Crippen LogP contribution in [0.3, 0.4) is 0 Å². The molecule has 1 atom stereocenters. The molecule has 3 heteroatoms. The molecule has 0 spiro atoms. The fourth-order valence-corrected chi connectivity index (χ4v) is 2.18. The number of aryl methyl sites for hydroxylation is 2. The Hall–Kier alpha value is -2.29. The molecule has 0 aliphatic carbocycles. The van der Waals surface area contributed by atoms with E-state index in [4.69, 9.17) is 0 Å². The van der Waals surface area contributed by atoms with Gasteiger partial charge in [0.1, 0.15) is 6.04 Å². The smallest absolute Gasteiger partial charge is 0.246 e. The van der Waals surface area contributed by atoms with Gasteiger partial charge in [-0.15, -0.1) is 0 Å². The Morgan fingerprint density at radius 2 is 1.81 bits per heavy atom. The first-order valence-corrected chi connectivity index (χ1v) is 7.30. The monoisotopic (exact) mass is 282 g/mol. The topological polar surface area (TPSA) is 41.1 Å². The Bertz CT molecular complexity index is 608. The fraction of sp³-hybridized carbons (Fsp3) is 0.278. The van der Waals surface area contributed by atoms with E-state index in [0.717, 1.165) is 23.4 Å². The minimum Gasteiger partial charge on any atom is -0.373 e. The summed E-state index contributed by atoms with van der Waals surface area (Å²) in [5.41, 5.74) is 4.17. The minimum atomic E-state index is -0.245. The molecule has 0 radical (unpaired) electrons. The lowest BCUT2D eigenvalue weighted by Gasteiger charge is -2.19. The maximum Gasteiger partial charge on any atom is 0.246 e. The maximum atomic E-state index is 12.4.